The first-order valence-electron chi connectivity index (χ1n) is 8.85. The minimum atomic E-state index is -0.352. The van der Waals surface area contributed by atoms with E-state index >= 15 is 0 Å². The second-order valence-electron chi connectivity index (χ2n) is 6.26. The summed E-state index contributed by atoms with van der Waals surface area (Å²) in [7, 11) is 0. The molecule has 0 unspecified atom stereocenters. The quantitative estimate of drug-likeness (QED) is 0.703. The summed E-state index contributed by atoms with van der Waals surface area (Å²) in [6, 6.07) is 15.4. The molecule has 1 atom stereocenters. The molecule has 1 fully saturated rings. The highest BCUT2D eigenvalue weighted by Crippen LogP contribution is 2.20. The van der Waals surface area contributed by atoms with Crippen LogP contribution in [-0.4, -0.2) is 46.7 Å². The maximum atomic E-state index is 12.5. The van der Waals surface area contributed by atoms with Crippen LogP contribution in [0.5, 0.6) is 0 Å². The van der Waals surface area contributed by atoms with Crippen LogP contribution in [0.15, 0.2) is 59.3 Å². The zero-order chi connectivity index (χ0) is 18.5. The van der Waals surface area contributed by atoms with Crippen molar-refractivity contribution in [2.45, 2.75) is 12.6 Å². The molecule has 0 bridgehead atoms. The Labute approximate surface area is 156 Å². The van der Waals surface area contributed by atoms with E-state index in [1.165, 1.54) is 0 Å². The number of pyridine rings is 1. The summed E-state index contributed by atoms with van der Waals surface area (Å²) in [6.07, 6.45) is 1.71. The Bertz CT molecular complexity index is 883. The van der Waals surface area contributed by atoms with Gasteiger partial charge in [0.05, 0.1) is 12.2 Å². The number of anilines is 1. The van der Waals surface area contributed by atoms with Gasteiger partial charge in [-0.1, -0.05) is 41.6 Å². The molecule has 0 saturated carbocycles. The molecule has 8 heteroatoms. The van der Waals surface area contributed by atoms with Crippen molar-refractivity contribution in [3.05, 3.63) is 60.4 Å². The number of benzene rings is 1. The lowest BCUT2D eigenvalue weighted by atomic mass is 10.2. The van der Waals surface area contributed by atoms with Crippen LogP contribution in [0.2, 0.25) is 0 Å². The summed E-state index contributed by atoms with van der Waals surface area (Å²) < 4.78 is 5.41. The van der Waals surface area contributed by atoms with Crippen LogP contribution < -0.4 is 15.5 Å². The van der Waals surface area contributed by atoms with Gasteiger partial charge in [-0.3, -0.25) is 9.78 Å². The third-order valence-corrected chi connectivity index (χ3v) is 4.38. The lowest BCUT2D eigenvalue weighted by molar-refractivity contribution is -0.123. The fourth-order valence-corrected chi connectivity index (χ4v) is 2.95. The van der Waals surface area contributed by atoms with Crippen molar-refractivity contribution in [2.75, 3.05) is 24.5 Å². The van der Waals surface area contributed by atoms with Gasteiger partial charge >= 0.3 is 6.01 Å². The molecule has 1 aliphatic rings. The highest BCUT2D eigenvalue weighted by molar-refractivity contribution is 5.82. The van der Waals surface area contributed by atoms with E-state index in [2.05, 4.69) is 25.8 Å². The first-order chi connectivity index (χ1) is 13.3. The lowest BCUT2D eigenvalue weighted by Crippen LogP contribution is -2.57. The van der Waals surface area contributed by atoms with E-state index in [1.807, 2.05) is 53.4 Å². The number of carbonyl (C=O) groups is 1. The lowest BCUT2D eigenvalue weighted by Gasteiger charge is -2.31. The van der Waals surface area contributed by atoms with E-state index in [1.54, 1.807) is 6.20 Å². The van der Waals surface area contributed by atoms with Gasteiger partial charge in [-0.05, 0) is 12.1 Å². The Morgan fingerprint density at radius 3 is 2.89 bits per heavy atom. The van der Waals surface area contributed by atoms with Crippen molar-refractivity contribution in [2.24, 2.45) is 0 Å². The van der Waals surface area contributed by atoms with Crippen LogP contribution in [0.25, 0.3) is 11.4 Å². The molecule has 0 radical (unpaired) electrons. The summed E-state index contributed by atoms with van der Waals surface area (Å²) >= 11 is 0. The van der Waals surface area contributed by atoms with E-state index in [4.69, 9.17) is 4.52 Å². The molecular formula is C19H20N6O2. The summed E-state index contributed by atoms with van der Waals surface area (Å²) in [5.74, 6) is 0.466. The van der Waals surface area contributed by atoms with E-state index in [9.17, 15) is 4.79 Å². The topological polar surface area (TPSA) is 96.2 Å². The Balaban J connectivity index is 1.38. The van der Waals surface area contributed by atoms with Crippen molar-refractivity contribution in [1.82, 2.24) is 25.8 Å². The van der Waals surface area contributed by atoms with Crippen LogP contribution in [0.4, 0.5) is 6.01 Å². The molecule has 3 aromatic rings. The zero-order valence-electron chi connectivity index (χ0n) is 14.7. The number of amides is 1. The number of rotatable bonds is 5. The van der Waals surface area contributed by atoms with E-state index in [0.29, 0.717) is 38.0 Å². The number of carbonyl (C=O) groups excluding carboxylic acids is 1. The molecule has 8 nitrogen and oxygen atoms in total. The first kappa shape index (κ1) is 17.2. The zero-order valence-corrected chi connectivity index (χ0v) is 14.7. The van der Waals surface area contributed by atoms with E-state index in [0.717, 1.165) is 11.3 Å². The Morgan fingerprint density at radius 1 is 1.22 bits per heavy atom. The van der Waals surface area contributed by atoms with Gasteiger partial charge in [0.15, 0.2) is 0 Å². The molecule has 27 heavy (non-hydrogen) atoms. The van der Waals surface area contributed by atoms with Crippen molar-refractivity contribution in [1.29, 1.82) is 0 Å². The molecule has 0 aliphatic carbocycles. The van der Waals surface area contributed by atoms with E-state index < -0.39 is 0 Å². The fraction of sp³-hybridized carbons (Fsp3) is 0.263. The van der Waals surface area contributed by atoms with Gasteiger partial charge in [-0.2, -0.15) is 4.98 Å². The summed E-state index contributed by atoms with van der Waals surface area (Å²) in [5.41, 5.74) is 1.72. The average molecular weight is 364 g/mol. The minimum absolute atomic E-state index is 0.0758. The summed E-state index contributed by atoms with van der Waals surface area (Å²) in [5, 5.41) is 10.2. The number of aromatic nitrogens is 3. The normalized spacial score (nSPS) is 16.9. The second kappa shape index (κ2) is 7.96. The molecule has 1 aromatic carbocycles. The third kappa shape index (κ3) is 4.12. The fourth-order valence-electron chi connectivity index (χ4n) is 2.95. The highest BCUT2D eigenvalue weighted by atomic mass is 16.5. The van der Waals surface area contributed by atoms with E-state index in [-0.39, 0.29) is 11.9 Å². The molecule has 1 saturated heterocycles. The second-order valence-corrected chi connectivity index (χ2v) is 6.26. The Hall–Kier alpha value is -3.26. The van der Waals surface area contributed by atoms with Gasteiger partial charge in [0.1, 0.15) is 6.04 Å². The third-order valence-electron chi connectivity index (χ3n) is 4.38. The number of nitrogens with zero attached hydrogens (tertiary/aromatic N) is 4. The van der Waals surface area contributed by atoms with Gasteiger partial charge in [0.2, 0.25) is 11.7 Å². The Kier molecular flexibility index (Phi) is 5.06. The number of piperazine rings is 1. The number of hydrogen-bond acceptors (Lipinski definition) is 7. The molecule has 2 aromatic heterocycles. The van der Waals surface area contributed by atoms with Crippen LogP contribution in [0, 0.1) is 0 Å². The van der Waals surface area contributed by atoms with Crippen molar-refractivity contribution in [3.8, 4) is 11.4 Å². The molecule has 2 N–H and O–H groups in total. The maximum Gasteiger partial charge on any atom is 0.324 e. The molecule has 4 rings (SSSR count). The Morgan fingerprint density at radius 2 is 2.07 bits per heavy atom. The van der Waals surface area contributed by atoms with Crippen molar-refractivity contribution >= 4 is 11.9 Å². The molecular weight excluding hydrogens is 344 g/mol. The standard InChI is InChI=1S/C19H20N6O2/c26-18(22-12-15-8-4-5-9-20-15)16-13-25(11-10-21-16)19-23-17(24-27-19)14-6-2-1-3-7-14/h1-9,16,21H,10-13H2,(H,22,26)/t16-/m1/s1. The van der Waals surface area contributed by atoms with Crippen LogP contribution in [0.3, 0.4) is 0 Å². The van der Waals surface area contributed by atoms with Gasteiger partial charge < -0.3 is 20.1 Å². The number of nitrogens with one attached hydrogen (secondary N) is 2. The van der Waals surface area contributed by atoms with Gasteiger partial charge in [0.25, 0.3) is 0 Å². The van der Waals surface area contributed by atoms with Crippen molar-refractivity contribution < 1.29 is 9.32 Å². The molecule has 138 valence electrons. The summed E-state index contributed by atoms with van der Waals surface area (Å²) in [4.78, 5) is 23.1. The molecule has 1 amide bonds. The first-order valence-corrected chi connectivity index (χ1v) is 8.85. The van der Waals surface area contributed by atoms with Gasteiger partial charge in [0, 0.05) is 31.4 Å². The highest BCUT2D eigenvalue weighted by Gasteiger charge is 2.28. The average Bonchev–Trinajstić information content (AvgIpc) is 3.24. The van der Waals surface area contributed by atoms with Crippen molar-refractivity contribution in [3.63, 3.8) is 0 Å². The largest absolute Gasteiger partial charge is 0.349 e. The molecule has 1 aliphatic heterocycles. The maximum absolute atomic E-state index is 12.5. The van der Waals surface area contributed by atoms with Gasteiger partial charge in [-0.25, -0.2) is 0 Å². The predicted molar refractivity (Wildman–Crippen MR) is 99.8 cm³/mol. The molecule has 0 spiro atoms. The monoisotopic (exact) mass is 364 g/mol. The van der Waals surface area contributed by atoms with Gasteiger partial charge in [-0.15, -0.1) is 0 Å². The summed E-state index contributed by atoms with van der Waals surface area (Å²) in [6.45, 7) is 2.21. The van der Waals surface area contributed by atoms with Crippen LogP contribution >= 0.6 is 0 Å². The SMILES string of the molecule is O=C(NCc1ccccn1)[C@H]1CN(c2nc(-c3ccccc3)no2)CCN1. The number of hydrogen-bond donors (Lipinski definition) is 2. The van der Waals surface area contributed by atoms with Crippen LogP contribution in [0.1, 0.15) is 5.69 Å². The molecule has 3 heterocycles. The van der Waals surface area contributed by atoms with Crippen LogP contribution in [-0.2, 0) is 11.3 Å². The predicted octanol–water partition coefficient (Wildman–Crippen LogP) is 1.23. The minimum Gasteiger partial charge on any atom is -0.349 e. The smallest absolute Gasteiger partial charge is 0.324 e.